The van der Waals surface area contributed by atoms with Gasteiger partial charge in [-0.05, 0) is 70.1 Å². The first-order chi connectivity index (χ1) is 14.5. The number of anilines is 1. The summed E-state index contributed by atoms with van der Waals surface area (Å²) in [6.45, 7) is 3.75. The summed E-state index contributed by atoms with van der Waals surface area (Å²) in [6.07, 6.45) is 4.07. The summed E-state index contributed by atoms with van der Waals surface area (Å²) in [4.78, 5) is 19.7. The van der Waals surface area contributed by atoms with Gasteiger partial charge >= 0.3 is 0 Å². The Labute approximate surface area is 183 Å². The van der Waals surface area contributed by atoms with Gasteiger partial charge in [-0.25, -0.2) is 0 Å². The first kappa shape index (κ1) is 21.1. The van der Waals surface area contributed by atoms with E-state index in [0.717, 1.165) is 62.4 Å². The molecule has 1 aromatic carbocycles. The second-order valence-electron chi connectivity index (χ2n) is 8.55. The van der Waals surface area contributed by atoms with Crippen LogP contribution in [-0.4, -0.2) is 72.2 Å². The highest BCUT2D eigenvalue weighted by Crippen LogP contribution is 2.26. The van der Waals surface area contributed by atoms with E-state index in [2.05, 4.69) is 27.0 Å². The fourth-order valence-electron chi connectivity index (χ4n) is 4.51. The second-order valence-corrected chi connectivity index (χ2v) is 8.99. The maximum Gasteiger partial charge on any atom is 0.227 e. The number of halogens is 1. The molecule has 3 heterocycles. The van der Waals surface area contributed by atoms with E-state index in [0.29, 0.717) is 17.6 Å². The van der Waals surface area contributed by atoms with Gasteiger partial charge in [0, 0.05) is 36.8 Å². The Hall–Kier alpha value is -2.18. The lowest BCUT2D eigenvalue weighted by molar-refractivity contribution is -0.137. The van der Waals surface area contributed by atoms with Crippen molar-refractivity contribution >= 4 is 23.3 Å². The smallest absolute Gasteiger partial charge is 0.227 e. The summed E-state index contributed by atoms with van der Waals surface area (Å²) in [5.41, 5.74) is 1.81. The number of carbonyl (C=O) groups is 1. The van der Waals surface area contributed by atoms with Gasteiger partial charge in [-0.1, -0.05) is 23.7 Å². The van der Waals surface area contributed by atoms with Gasteiger partial charge in [0.15, 0.2) is 5.82 Å². The number of hydrogen-bond acceptors (Lipinski definition) is 5. The van der Waals surface area contributed by atoms with Crippen LogP contribution in [0.2, 0.25) is 5.02 Å². The van der Waals surface area contributed by atoms with Crippen LogP contribution in [0.4, 0.5) is 5.82 Å². The molecule has 2 aliphatic rings. The quantitative estimate of drug-likeness (QED) is 0.746. The third-order valence-electron chi connectivity index (χ3n) is 6.47. The number of piperidine rings is 2. The number of likely N-dealkylation sites (tertiary alicyclic amines) is 1. The second kappa shape index (κ2) is 9.31. The van der Waals surface area contributed by atoms with Crippen LogP contribution >= 0.6 is 11.6 Å². The van der Waals surface area contributed by atoms with Gasteiger partial charge in [-0.15, -0.1) is 10.2 Å². The lowest BCUT2D eigenvalue weighted by atomic mass is 9.94. The van der Waals surface area contributed by atoms with Crippen LogP contribution < -0.4 is 4.90 Å². The maximum atomic E-state index is 13.2. The lowest BCUT2D eigenvalue weighted by Crippen LogP contribution is -2.49. The standard InChI is InChI=1S/C23H30ClN5O/c1-27-14-11-20(12-15-27)28(2)23(30)18-4-3-13-29(16-18)22-10-9-21(25-26-22)17-5-7-19(24)8-6-17/h5-10,18,20H,3-4,11-16H2,1-2H3. The number of rotatable bonds is 4. The third-order valence-corrected chi connectivity index (χ3v) is 6.72. The molecule has 160 valence electrons. The van der Waals surface area contributed by atoms with E-state index in [1.165, 1.54) is 0 Å². The Kier molecular flexibility index (Phi) is 6.54. The zero-order valence-electron chi connectivity index (χ0n) is 17.8. The van der Waals surface area contributed by atoms with Crippen LogP contribution in [-0.2, 0) is 4.79 Å². The molecule has 0 radical (unpaired) electrons. The first-order valence-electron chi connectivity index (χ1n) is 10.8. The predicted octanol–water partition coefficient (Wildman–Crippen LogP) is 3.57. The molecule has 1 amide bonds. The fourth-order valence-corrected chi connectivity index (χ4v) is 4.63. The van der Waals surface area contributed by atoms with Crippen LogP contribution in [0.15, 0.2) is 36.4 Å². The van der Waals surface area contributed by atoms with E-state index < -0.39 is 0 Å². The zero-order chi connectivity index (χ0) is 21.1. The van der Waals surface area contributed by atoms with Gasteiger partial charge < -0.3 is 14.7 Å². The molecule has 2 fully saturated rings. The molecule has 0 N–H and O–H groups in total. The third kappa shape index (κ3) is 4.76. The molecule has 0 aliphatic carbocycles. The highest BCUT2D eigenvalue weighted by molar-refractivity contribution is 6.30. The van der Waals surface area contributed by atoms with Gasteiger partial charge in [0.1, 0.15) is 0 Å². The van der Waals surface area contributed by atoms with E-state index in [1.54, 1.807) is 0 Å². The van der Waals surface area contributed by atoms with Crippen molar-refractivity contribution in [3.63, 3.8) is 0 Å². The largest absolute Gasteiger partial charge is 0.354 e. The van der Waals surface area contributed by atoms with E-state index in [1.807, 2.05) is 48.3 Å². The van der Waals surface area contributed by atoms with Crippen molar-refractivity contribution < 1.29 is 4.79 Å². The Morgan fingerprint density at radius 3 is 2.43 bits per heavy atom. The van der Waals surface area contributed by atoms with Crippen molar-refractivity contribution in [1.82, 2.24) is 20.0 Å². The SMILES string of the molecule is CN1CCC(N(C)C(=O)C2CCCN(c3ccc(-c4ccc(Cl)cc4)nn3)C2)CC1. The molecule has 2 aromatic rings. The minimum Gasteiger partial charge on any atom is -0.354 e. The fraction of sp³-hybridized carbons (Fsp3) is 0.522. The average molecular weight is 428 g/mol. The highest BCUT2D eigenvalue weighted by atomic mass is 35.5. The number of aromatic nitrogens is 2. The Morgan fingerprint density at radius 1 is 1.03 bits per heavy atom. The number of nitrogens with zero attached hydrogens (tertiary/aromatic N) is 5. The maximum absolute atomic E-state index is 13.2. The molecule has 4 rings (SSSR count). The predicted molar refractivity (Wildman–Crippen MR) is 121 cm³/mol. The van der Waals surface area contributed by atoms with Crippen LogP contribution in [0.25, 0.3) is 11.3 Å². The molecular weight excluding hydrogens is 398 g/mol. The Morgan fingerprint density at radius 2 is 1.77 bits per heavy atom. The van der Waals surface area contributed by atoms with E-state index >= 15 is 0 Å². The number of carbonyl (C=O) groups excluding carboxylic acids is 1. The molecule has 6 nitrogen and oxygen atoms in total. The van der Waals surface area contributed by atoms with Crippen molar-refractivity contribution in [2.45, 2.75) is 31.7 Å². The summed E-state index contributed by atoms with van der Waals surface area (Å²) in [5.74, 6) is 1.15. The highest BCUT2D eigenvalue weighted by Gasteiger charge is 2.32. The molecule has 7 heteroatoms. The lowest BCUT2D eigenvalue weighted by Gasteiger charge is -2.39. The van der Waals surface area contributed by atoms with Crippen LogP contribution in [0, 0.1) is 5.92 Å². The molecule has 0 bridgehead atoms. The molecule has 0 saturated carbocycles. The van der Waals surface area contributed by atoms with Crippen molar-refractivity contribution in [2.75, 3.05) is 45.2 Å². The minimum atomic E-state index is 0.0288. The summed E-state index contributed by atoms with van der Waals surface area (Å²) in [7, 11) is 4.13. The van der Waals surface area contributed by atoms with Crippen molar-refractivity contribution in [3.8, 4) is 11.3 Å². The monoisotopic (exact) mass is 427 g/mol. The van der Waals surface area contributed by atoms with Crippen molar-refractivity contribution in [3.05, 3.63) is 41.4 Å². The van der Waals surface area contributed by atoms with Gasteiger partial charge in [0.05, 0.1) is 11.6 Å². The molecule has 30 heavy (non-hydrogen) atoms. The van der Waals surface area contributed by atoms with Crippen molar-refractivity contribution in [1.29, 1.82) is 0 Å². The van der Waals surface area contributed by atoms with Crippen LogP contribution in [0.5, 0.6) is 0 Å². The summed E-state index contributed by atoms with van der Waals surface area (Å²) in [5, 5.41) is 9.56. The molecule has 1 aromatic heterocycles. The summed E-state index contributed by atoms with van der Waals surface area (Å²) in [6, 6.07) is 12.0. The van der Waals surface area contributed by atoms with Crippen molar-refractivity contribution in [2.24, 2.45) is 5.92 Å². The van der Waals surface area contributed by atoms with Gasteiger partial charge in [-0.3, -0.25) is 4.79 Å². The number of hydrogen-bond donors (Lipinski definition) is 0. The molecular formula is C23H30ClN5O. The zero-order valence-corrected chi connectivity index (χ0v) is 18.6. The van der Waals surface area contributed by atoms with E-state index in [9.17, 15) is 4.79 Å². The first-order valence-corrected chi connectivity index (χ1v) is 11.2. The van der Waals surface area contributed by atoms with Crippen LogP contribution in [0.3, 0.4) is 0 Å². The average Bonchev–Trinajstić information content (AvgIpc) is 2.79. The molecule has 1 unspecified atom stereocenters. The summed E-state index contributed by atoms with van der Waals surface area (Å²) < 4.78 is 0. The van der Waals surface area contributed by atoms with Crippen LogP contribution in [0.1, 0.15) is 25.7 Å². The van der Waals surface area contributed by atoms with Gasteiger partial charge in [0.25, 0.3) is 0 Å². The molecule has 2 aliphatic heterocycles. The van der Waals surface area contributed by atoms with E-state index in [4.69, 9.17) is 11.6 Å². The Bertz CT molecular complexity index is 849. The minimum absolute atomic E-state index is 0.0288. The number of benzene rings is 1. The van der Waals surface area contributed by atoms with Gasteiger partial charge in [0.2, 0.25) is 5.91 Å². The Balaban J connectivity index is 1.39. The molecule has 1 atom stereocenters. The molecule has 0 spiro atoms. The normalized spacial score (nSPS) is 20.9. The topological polar surface area (TPSA) is 52.6 Å². The summed E-state index contributed by atoms with van der Waals surface area (Å²) >= 11 is 5.97. The van der Waals surface area contributed by atoms with Gasteiger partial charge in [-0.2, -0.15) is 0 Å². The van der Waals surface area contributed by atoms with E-state index in [-0.39, 0.29) is 11.8 Å². The molecule has 2 saturated heterocycles. The number of amides is 1.